The highest BCUT2D eigenvalue weighted by Crippen LogP contribution is 2.24. The number of nitrogens with zero attached hydrogens (tertiary/aromatic N) is 4. The Labute approximate surface area is 216 Å². The number of hydrogen-bond donors (Lipinski definition) is 1. The summed E-state index contributed by atoms with van der Waals surface area (Å²) in [5.41, 5.74) is 3.49. The maximum atomic E-state index is 13.4. The third kappa shape index (κ3) is 7.39. The fraction of sp³-hybridized carbons (Fsp3) is 0.444. The zero-order valence-electron chi connectivity index (χ0n) is 20.5. The van der Waals surface area contributed by atoms with E-state index in [2.05, 4.69) is 72.7 Å². The van der Waals surface area contributed by atoms with Crippen molar-refractivity contribution in [1.82, 2.24) is 19.9 Å². The molecule has 1 N–H and O–H groups in total. The van der Waals surface area contributed by atoms with E-state index in [1.807, 2.05) is 30.9 Å². The number of halogens is 1. The molecule has 0 bridgehead atoms. The number of carbonyl (C=O) groups is 1. The van der Waals surface area contributed by atoms with Crippen molar-refractivity contribution in [1.29, 1.82) is 0 Å². The van der Waals surface area contributed by atoms with Crippen LogP contribution in [0.1, 0.15) is 55.4 Å². The zero-order chi connectivity index (χ0) is 24.6. The second-order valence-corrected chi connectivity index (χ2v) is 10.3. The van der Waals surface area contributed by atoms with Crippen LogP contribution in [-0.2, 0) is 24.3 Å². The van der Waals surface area contributed by atoms with Crippen LogP contribution in [-0.4, -0.2) is 52.0 Å². The standard InChI is InChI=1S/C27H34BrN5O2/c1-20(2)27-30-25(35-31-27)11-12-26(34)33-16-15-32(18-21-7-4-3-5-8-21)14-6-13-29-24-10-9-23(28)17-22(24)19-33/h3-5,7-10,17,20,29H,6,11-16,18-19H2,1-2H3. The van der Waals surface area contributed by atoms with Crippen LogP contribution in [0.4, 0.5) is 5.69 Å². The van der Waals surface area contributed by atoms with Gasteiger partial charge in [0.2, 0.25) is 11.8 Å². The molecule has 7 nitrogen and oxygen atoms in total. The van der Waals surface area contributed by atoms with Gasteiger partial charge in [0.25, 0.3) is 0 Å². The third-order valence-electron chi connectivity index (χ3n) is 6.24. The van der Waals surface area contributed by atoms with Crippen LogP contribution in [0.15, 0.2) is 57.5 Å². The van der Waals surface area contributed by atoms with E-state index in [1.165, 1.54) is 5.56 Å². The van der Waals surface area contributed by atoms with Gasteiger partial charge >= 0.3 is 0 Å². The molecule has 35 heavy (non-hydrogen) atoms. The van der Waals surface area contributed by atoms with E-state index in [0.29, 0.717) is 37.6 Å². The number of aryl methyl sites for hydroxylation is 1. The number of aromatic nitrogens is 2. The number of hydrogen-bond acceptors (Lipinski definition) is 6. The first kappa shape index (κ1) is 25.4. The fourth-order valence-corrected chi connectivity index (χ4v) is 4.65. The van der Waals surface area contributed by atoms with Gasteiger partial charge in [-0.1, -0.05) is 65.3 Å². The van der Waals surface area contributed by atoms with Crippen molar-refractivity contribution in [2.75, 3.05) is 31.5 Å². The molecule has 0 unspecified atom stereocenters. The third-order valence-corrected chi connectivity index (χ3v) is 6.73. The van der Waals surface area contributed by atoms with Crippen LogP contribution in [0, 0.1) is 0 Å². The highest BCUT2D eigenvalue weighted by molar-refractivity contribution is 9.10. The Hall–Kier alpha value is -2.71. The van der Waals surface area contributed by atoms with Gasteiger partial charge in [0.05, 0.1) is 0 Å². The molecular formula is C27H34BrN5O2. The molecule has 3 aromatic rings. The zero-order valence-corrected chi connectivity index (χ0v) is 22.1. The highest BCUT2D eigenvalue weighted by atomic mass is 79.9. The first-order valence-electron chi connectivity index (χ1n) is 12.4. The summed E-state index contributed by atoms with van der Waals surface area (Å²) in [5.74, 6) is 1.51. The Bertz CT molecular complexity index is 1100. The van der Waals surface area contributed by atoms with Gasteiger partial charge in [-0.15, -0.1) is 0 Å². The van der Waals surface area contributed by atoms with Crippen molar-refractivity contribution in [3.63, 3.8) is 0 Å². The summed E-state index contributed by atoms with van der Waals surface area (Å²) in [6.07, 6.45) is 1.83. The summed E-state index contributed by atoms with van der Waals surface area (Å²) in [6.45, 7) is 8.83. The minimum atomic E-state index is 0.0964. The van der Waals surface area contributed by atoms with Gasteiger partial charge in [0.15, 0.2) is 5.82 Å². The number of benzene rings is 2. The Morgan fingerprint density at radius 2 is 1.97 bits per heavy atom. The largest absolute Gasteiger partial charge is 0.385 e. The maximum absolute atomic E-state index is 13.4. The maximum Gasteiger partial charge on any atom is 0.227 e. The molecule has 0 spiro atoms. The molecule has 8 heteroatoms. The van der Waals surface area contributed by atoms with Gasteiger partial charge in [0, 0.05) is 68.2 Å². The lowest BCUT2D eigenvalue weighted by atomic mass is 10.1. The minimum Gasteiger partial charge on any atom is -0.385 e. The van der Waals surface area contributed by atoms with E-state index >= 15 is 0 Å². The van der Waals surface area contributed by atoms with Gasteiger partial charge in [0.1, 0.15) is 0 Å². The Morgan fingerprint density at radius 3 is 2.74 bits per heavy atom. The predicted molar refractivity (Wildman–Crippen MR) is 141 cm³/mol. The van der Waals surface area contributed by atoms with E-state index in [0.717, 1.165) is 48.3 Å². The summed E-state index contributed by atoms with van der Waals surface area (Å²) >= 11 is 3.60. The van der Waals surface area contributed by atoms with Crippen LogP contribution >= 0.6 is 15.9 Å². The first-order chi connectivity index (χ1) is 17.0. The molecule has 1 amide bonds. The molecule has 1 aliphatic rings. The summed E-state index contributed by atoms with van der Waals surface area (Å²) < 4.78 is 6.37. The topological polar surface area (TPSA) is 74.5 Å². The molecule has 2 heterocycles. The Kier molecular flexibility index (Phi) is 8.93. The lowest BCUT2D eigenvalue weighted by molar-refractivity contribution is -0.132. The number of nitrogens with one attached hydrogen (secondary N) is 1. The van der Waals surface area contributed by atoms with Crippen molar-refractivity contribution < 1.29 is 9.32 Å². The van der Waals surface area contributed by atoms with Gasteiger partial charge in [-0.3, -0.25) is 9.69 Å². The molecule has 4 rings (SSSR count). The SMILES string of the molecule is CC(C)c1noc(CCC(=O)N2CCN(Cc3ccccc3)CCCNc3ccc(Br)cc3C2)n1. The summed E-state index contributed by atoms with van der Waals surface area (Å²) in [7, 11) is 0. The van der Waals surface area contributed by atoms with Crippen LogP contribution in [0.25, 0.3) is 0 Å². The highest BCUT2D eigenvalue weighted by Gasteiger charge is 2.20. The van der Waals surface area contributed by atoms with Gasteiger partial charge in [-0.2, -0.15) is 4.98 Å². The first-order valence-corrected chi connectivity index (χ1v) is 13.2. The molecule has 2 aromatic carbocycles. The van der Waals surface area contributed by atoms with Crippen molar-refractivity contribution in [3.8, 4) is 0 Å². The number of anilines is 1. The van der Waals surface area contributed by atoms with E-state index in [1.54, 1.807) is 0 Å². The van der Waals surface area contributed by atoms with E-state index in [4.69, 9.17) is 4.52 Å². The Balaban J connectivity index is 1.49. The Morgan fingerprint density at radius 1 is 1.14 bits per heavy atom. The minimum absolute atomic E-state index is 0.0964. The predicted octanol–water partition coefficient (Wildman–Crippen LogP) is 5.23. The van der Waals surface area contributed by atoms with Gasteiger partial charge < -0.3 is 14.7 Å². The molecule has 0 atom stereocenters. The summed E-state index contributed by atoms with van der Waals surface area (Å²) in [4.78, 5) is 22.2. The molecule has 186 valence electrons. The quantitative estimate of drug-likeness (QED) is 0.462. The van der Waals surface area contributed by atoms with E-state index in [9.17, 15) is 4.79 Å². The molecular weight excluding hydrogens is 506 g/mol. The van der Waals surface area contributed by atoms with Crippen LogP contribution in [0.5, 0.6) is 0 Å². The molecule has 0 saturated heterocycles. The van der Waals surface area contributed by atoms with Crippen molar-refractivity contribution >= 4 is 27.5 Å². The lowest BCUT2D eigenvalue weighted by Crippen LogP contribution is -2.38. The van der Waals surface area contributed by atoms with Crippen LogP contribution < -0.4 is 5.32 Å². The molecule has 0 fully saturated rings. The monoisotopic (exact) mass is 539 g/mol. The average molecular weight is 541 g/mol. The molecule has 1 aliphatic heterocycles. The lowest BCUT2D eigenvalue weighted by Gasteiger charge is -2.28. The molecule has 0 saturated carbocycles. The van der Waals surface area contributed by atoms with E-state index in [-0.39, 0.29) is 11.8 Å². The summed E-state index contributed by atoms with van der Waals surface area (Å²) in [5, 5.41) is 7.61. The van der Waals surface area contributed by atoms with Crippen LogP contribution in [0.3, 0.4) is 0 Å². The van der Waals surface area contributed by atoms with Crippen molar-refractivity contribution in [2.24, 2.45) is 0 Å². The molecule has 0 aliphatic carbocycles. The van der Waals surface area contributed by atoms with Crippen molar-refractivity contribution in [2.45, 2.75) is 52.1 Å². The average Bonchev–Trinajstić information content (AvgIpc) is 3.32. The molecule has 0 radical (unpaired) electrons. The van der Waals surface area contributed by atoms with E-state index < -0.39 is 0 Å². The smallest absolute Gasteiger partial charge is 0.227 e. The fourth-order valence-electron chi connectivity index (χ4n) is 4.24. The van der Waals surface area contributed by atoms with Gasteiger partial charge in [-0.05, 0) is 35.7 Å². The number of carbonyl (C=O) groups excluding carboxylic acids is 1. The molecule has 1 aromatic heterocycles. The number of fused-ring (bicyclic) bond motifs is 1. The van der Waals surface area contributed by atoms with Gasteiger partial charge in [-0.25, -0.2) is 0 Å². The van der Waals surface area contributed by atoms with Crippen LogP contribution in [0.2, 0.25) is 0 Å². The summed E-state index contributed by atoms with van der Waals surface area (Å²) in [6, 6.07) is 16.8. The van der Waals surface area contributed by atoms with Crippen molar-refractivity contribution in [3.05, 3.63) is 75.8 Å². The number of amides is 1. The normalized spacial score (nSPS) is 15.4. The second-order valence-electron chi connectivity index (χ2n) is 9.36. The number of rotatable bonds is 6. The second kappa shape index (κ2) is 12.3.